The molecular formula is C26H28BrF2N7. The van der Waals surface area contributed by atoms with Gasteiger partial charge in [0.1, 0.15) is 11.5 Å². The molecule has 1 fully saturated rings. The van der Waals surface area contributed by atoms with Crippen molar-refractivity contribution in [3.05, 3.63) is 58.8 Å². The molecule has 1 saturated carbocycles. The third kappa shape index (κ3) is 4.87. The number of nitrogens with one attached hydrogen (secondary N) is 1. The van der Waals surface area contributed by atoms with Crippen LogP contribution in [-0.4, -0.2) is 53.7 Å². The highest BCUT2D eigenvalue weighted by atomic mass is 79.9. The summed E-state index contributed by atoms with van der Waals surface area (Å²) in [7, 11) is 6.04. The number of hydrogen-bond donors (Lipinski definition) is 2. The summed E-state index contributed by atoms with van der Waals surface area (Å²) in [5.41, 5.74) is 10.0. The maximum absolute atomic E-state index is 15.0. The van der Waals surface area contributed by atoms with Crippen molar-refractivity contribution in [1.29, 1.82) is 0 Å². The van der Waals surface area contributed by atoms with Crippen LogP contribution in [0, 0.1) is 11.6 Å². The monoisotopic (exact) mass is 555 g/mol. The Morgan fingerprint density at radius 1 is 1.14 bits per heavy atom. The van der Waals surface area contributed by atoms with Gasteiger partial charge in [-0.2, -0.15) is 0 Å². The largest absolute Gasteiger partial charge is 0.397 e. The maximum atomic E-state index is 15.0. The molecule has 3 N–H and O–H groups in total. The van der Waals surface area contributed by atoms with E-state index < -0.39 is 5.82 Å². The van der Waals surface area contributed by atoms with E-state index in [1.54, 1.807) is 12.1 Å². The number of benzene rings is 2. The van der Waals surface area contributed by atoms with Crippen LogP contribution in [0.4, 0.5) is 31.8 Å². The number of fused-ring (bicyclic) bond motifs is 1. The molecular weight excluding hydrogens is 528 g/mol. The molecule has 0 amide bonds. The second-order valence-electron chi connectivity index (χ2n) is 9.47. The molecule has 0 atom stereocenters. The zero-order chi connectivity index (χ0) is 25.6. The van der Waals surface area contributed by atoms with Crippen LogP contribution in [0.15, 0.2) is 47.2 Å². The average Bonchev–Trinajstić information content (AvgIpc) is 3.62. The zero-order valence-electron chi connectivity index (χ0n) is 20.4. The Morgan fingerprint density at radius 2 is 1.92 bits per heavy atom. The molecule has 5 rings (SSSR count). The Kier molecular flexibility index (Phi) is 6.57. The SMILES string of the molecule is CN(C)CCN(C)c1cc(Br)c(Nc2ncc(F)c(-c3cn(C4CC4)c4ccc(F)cc34)n2)cc1N. The van der Waals surface area contributed by atoms with Crippen LogP contribution in [0.1, 0.15) is 18.9 Å². The minimum Gasteiger partial charge on any atom is -0.397 e. The smallest absolute Gasteiger partial charge is 0.227 e. The molecule has 0 bridgehead atoms. The lowest BCUT2D eigenvalue weighted by Crippen LogP contribution is -2.29. The van der Waals surface area contributed by atoms with Gasteiger partial charge in [0.05, 0.1) is 23.3 Å². The van der Waals surface area contributed by atoms with Crippen molar-refractivity contribution < 1.29 is 8.78 Å². The van der Waals surface area contributed by atoms with Crippen molar-refractivity contribution >= 4 is 49.8 Å². The minimum atomic E-state index is -0.573. The highest BCUT2D eigenvalue weighted by molar-refractivity contribution is 9.10. The van der Waals surface area contributed by atoms with Crippen molar-refractivity contribution in [1.82, 2.24) is 19.4 Å². The highest BCUT2D eigenvalue weighted by Crippen LogP contribution is 2.42. The van der Waals surface area contributed by atoms with E-state index in [2.05, 4.69) is 45.6 Å². The predicted molar refractivity (Wildman–Crippen MR) is 145 cm³/mol. The first-order chi connectivity index (χ1) is 17.2. The Hall–Kier alpha value is -3.24. The molecule has 0 aliphatic heterocycles. The van der Waals surface area contributed by atoms with Gasteiger partial charge < -0.3 is 25.4 Å². The van der Waals surface area contributed by atoms with E-state index in [0.29, 0.717) is 28.4 Å². The molecule has 0 saturated heterocycles. The molecule has 0 radical (unpaired) electrons. The van der Waals surface area contributed by atoms with E-state index in [0.717, 1.165) is 47.8 Å². The zero-order valence-corrected chi connectivity index (χ0v) is 22.0. The molecule has 36 heavy (non-hydrogen) atoms. The third-order valence-electron chi connectivity index (χ3n) is 6.39. The number of rotatable bonds is 8. The lowest BCUT2D eigenvalue weighted by molar-refractivity contribution is 0.416. The average molecular weight is 556 g/mol. The van der Waals surface area contributed by atoms with Gasteiger partial charge in [0.25, 0.3) is 0 Å². The predicted octanol–water partition coefficient (Wildman–Crippen LogP) is 5.80. The van der Waals surface area contributed by atoms with Gasteiger partial charge in [-0.05, 0) is 73.2 Å². The van der Waals surface area contributed by atoms with Crippen LogP contribution in [-0.2, 0) is 0 Å². The summed E-state index contributed by atoms with van der Waals surface area (Å²) < 4.78 is 31.9. The molecule has 4 aromatic rings. The number of aromatic nitrogens is 3. The topological polar surface area (TPSA) is 75.2 Å². The van der Waals surface area contributed by atoms with E-state index in [-0.39, 0.29) is 17.5 Å². The van der Waals surface area contributed by atoms with Gasteiger partial charge in [-0.25, -0.2) is 18.7 Å². The number of likely N-dealkylation sites (N-methyl/N-ethyl adjacent to an activating group) is 2. The normalized spacial score (nSPS) is 13.5. The van der Waals surface area contributed by atoms with Crippen molar-refractivity contribution in [3.63, 3.8) is 0 Å². The fourth-order valence-electron chi connectivity index (χ4n) is 4.28. The second-order valence-corrected chi connectivity index (χ2v) is 10.3. The summed E-state index contributed by atoms with van der Waals surface area (Å²) >= 11 is 3.60. The number of nitrogens with two attached hydrogens (primary N) is 1. The third-order valence-corrected chi connectivity index (χ3v) is 7.05. The molecule has 1 aliphatic rings. The standard InChI is InChI=1S/C26H28BrF2N7/c1-34(2)8-9-35(3)24-11-19(27)22(12-21(24)30)32-26-31-13-20(29)25(33-26)18-14-36(16-5-6-16)23-7-4-15(28)10-17(18)23/h4,7,10-14,16H,5-6,8-9,30H2,1-3H3,(H,31,32,33). The van der Waals surface area contributed by atoms with Crippen LogP contribution in [0.2, 0.25) is 0 Å². The van der Waals surface area contributed by atoms with Gasteiger partial charge in [-0.3, -0.25) is 0 Å². The van der Waals surface area contributed by atoms with Crippen LogP contribution in [0.25, 0.3) is 22.2 Å². The van der Waals surface area contributed by atoms with Crippen molar-refractivity contribution in [2.24, 2.45) is 0 Å². The van der Waals surface area contributed by atoms with Crippen LogP contribution in [0.5, 0.6) is 0 Å². The van der Waals surface area contributed by atoms with E-state index in [4.69, 9.17) is 5.73 Å². The maximum Gasteiger partial charge on any atom is 0.227 e. The number of hydrogen-bond acceptors (Lipinski definition) is 6. The summed E-state index contributed by atoms with van der Waals surface area (Å²) in [5, 5.41) is 3.77. The van der Waals surface area contributed by atoms with E-state index in [9.17, 15) is 8.78 Å². The quantitative estimate of drug-likeness (QED) is 0.268. The van der Waals surface area contributed by atoms with E-state index in [1.165, 1.54) is 12.1 Å². The summed E-state index contributed by atoms with van der Waals surface area (Å²) in [6.45, 7) is 1.71. The Balaban J connectivity index is 1.47. The Morgan fingerprint density at radius 3 is 2.64 bits per heavy atom. The second kappa shape index (κ2) is 9.67. The first kappa shape index (κ1) is 24.5. The molecule has 188 valence electrons. The molecule has 1 aliphatic carbocycles. The minimum absolute atomic E-state index is 0.117. The van der Waals surface area contributed by atoms with Crippen molar-refractivity contribution in [2.75, 3.05) is 50.2 Å². The number of nitrogen functional groups attached to an aromatic ring is 1. The van der Waals surface area contributed by atoms with Gasteiger partial charge in [0, 0.05) is 53.3 Å². The lowest BCUT2D eigenvalue weighted by atomic mass is 10.1. The molecule has 7 nitrogen and oxygen atoms in total. The molecule has 10 heteroatoms. The van der Waals surface area contributed by atoms with Gasteiger partial charge in [0.15, 0.2) is 5.82 Å². The molecule has 2 heterocycles. The molecule has 0 unspecified atom stereocenters. The summed E-state index contributed by atoms with van der Waals surface area (Å²) in [4.78, 5) is 12.8. The summed E-state index contributed by atoms with van der Waals surface area (Å²) in [6.07, 6.45) is 5.10. The first-order valence-electron chi connectivity index (χ1n) is 11.8. The van der Waals surface area contributed by atoms with E-state index >= 15 is 0 Å². The van der Waals surface area contributed by atoms with Crippen molar-refractivity contribution in [3.8, 4) is 11.3 Å². The lowest BCUT2D eigenvalue weighted by Gasteiger charge is -2.24. The number of nitrogens with zero attached hydrogens (tertiary/aromatic N) is 5. The fourth-order valence-corrected chi connectivity index (χ4v) is 4.71. The summed E-state index contributed by atoms with van der Waals surface area (Å²) in [6, 6.07) is 8.68. The molecule has 2 aromatic carbocycles. The van der Waals surface area contributed by atoms with Gasteiger partial charge >= 0.3 is 0 Å². The van der Waals surface area contributed by atoms with E-state index in [1.807, 2.05) is 33.4 Å². The highest BCUT2D eigenvalue weighted by Gasteiger charge is 2.27. The Labute approximate surface area is 217 Å². The summed E-state index contributed by atoms with van der Waals surface area (Å²) in [5.74, 6) is -0.736. The van der Waals surface area contributed by atoms with Crippen LogP contribution in [0.3, 0.4) is 0 Å². The van der Waals surface area contributed by atoms with Crippen molar-refractivity contribution in [2.45, 2.75) is 18.9 Å². The van der Waals surface area contributed by atoms with Gasteiger partial charge in [0.2, 0.25) is 5.95 Å². The Bertz CT molecular complexity index is 1430. The molecule has 2 aromatic heterocycles. The molecule has 0 spiro atoms. The first-order valence-corrected chi connectivity index (χ1v) is 12.6. The number of anilines is 4. The van der Waals surface area contributed by atoms with Crippen LogP contribution < -0.4 is 16.0 Å². The van der Waals surface area contributed by atoms with Gasteiger partial charge in [-0.1, -0.05) is 0 Å². The van der Waals surface area contributed by atoms with Gasteiger partial charge in [-0.15, -0.1) is 0 Å². The fraction of sp³-hybridized carbons (Fsp3) is 0.308. The van der Waals surface area contributed by atoms with Crippen LogP contribution >= 0.6 is 15.9 Å². The number of halogens is 3.